The maximum Gasteiger partial charge on any atom is 0.433 e. The first-order chi connectivity index (χ1) is 13.9. The van der Waals surface area contributed by atoms with Crippen molar-refractivity contribution >= 4 is 22.6 Å². The molecule has 3 aromatic rings. The number of piperidine rings is 1. The van der Waals surface area contributed by atoms with Crippen LogP contribution in [0.25, 0.3) is 10.9 Å². The van der Waals surface area contributed by atoms with Gasteiger partial charge in [0.05, 0.1) is 11.7 Å². The zero-order chi connectivity index (χ0) is 20.4. The van der Waals surface area contributed by atoms with Gasteiger partial charge in [0.25, 0.3) is 5.91 Å². The number of halogens is 3. The molecule has 1 aliphatic rings. The average molecular weight is 405 g/mol. The molecule has 0 aromatic carbocycles. The fourth-order valence-corrected chi connectivity index (χ4v) is 3.45. The number of amides is 1. The van der Waals surface area contributed by atoms with Gasteiger partial charge < -0.3 is 14.7 Å². The zero-order valence-electron chi connectivity index (χ0n) is 15.3. The third-order valence-electron chi connectivity index (χ3n) is 5.01. The molecule has 1 amide bonds. The van der Waals surface area contributed by atoms with Crippen LogP contribution in [0.2, 0.25) is 0 Å². The van der Waals surface area contributed by atoms with Gasteiger partial charge in [0.15, 0.2) is 0 Å². The fourth-order valence-electron chi connectivity index (χ4n) is 3.45. The minimum atomic E-state index is -4.48. The highest BCUT2D eigenvalue weighted by atomic mass is 19.4. The van der Waals surface area contributed by atoms with Crippen molar-refractivity contribution in [2.45, 2.75) is 19.0 Å². The fraction of sp³-hybridized carbons (Fsp3) is 0.368. The van der Waals surface area contributed by atoms with Crippen LogP contribution in [0.5, 0.6) is 0 Å². The minimum absolute atomic E-state index is 0.174. The quantitative estimate of drug-likeness (QED) is 0.717. The summed E-state index contributed by atoms with van der Waals surface area (Å²) in [6.45, 7) is 1.90. The van der Waals surface area contributed by atoms with Crippen molar-refractivity contribution in [3.63, 3.8) is 0 Å². The largest absolute Gasteiger partial charge is 0.433 e. The molecule has 0 aliphatic carbocycles. The molecule has 1 aliphatic heterocycles. The second-order valence-electron chi connectivity index (χ2n) is 6.91. The molecule has 0 spiro atoms. The molecule has 1 N–H and O–H groups in total. The average Bonchev–Trinajstić information content (AvgIpc) is 3.26. The van der Waals surface area contributed by atoms with E-state index in [1.807, 2.05) is 4.90 Å². The van der Waals surface area contributed by atoms with Gasteiger partial charge in [-0.3, -0.25) is 4.79 Å². The van der Waals surface area contributed by atoms with Gasteiger partial charge >= 0.3 is 6.18 Å². The van der Waals surface area contributed by atoms with Crippen LogP contribution in [0, 0.1) is 5.92 Å². The first-order valence-corrected chi connectivity index (χ1v) is 9.18. The summed E-state index contributed by atoms with van der Waals surface area (Å²) in [6, 6.07) is 5.40. The Labute approximate surface area is 163 Å². The molecule has 1 saturated heterocycles. The van der Waals surface area contributed by atoms with Crippen molar-refractivity contribution < 1.29 is 22.5 Å². The number of hydrogen-bond donors (Lipinski definition) is 1. The Bertz CT molecular complexity index is 999. The van der Waals surface area contributed by atoms with Crippen LogP contribution in [0.15, 0.2) is 41.2 Å². The summed E-state index contributed by atoms with van der Waals surface area (Å²) in [5.74, 6) is 0.802. The second-order valence-corrected chi connectivity index (χ2v) is 6.91. The molecule has 1 fully saturated rings. The van der Waals surface area contributed by atoms with Crippen LogP contribution in [0.1, 0.15) is 29.1 Å². The lowest BCUT2D eigenvalue weighted by Crippen LogP contribution is -2.39. The van der Waals surface area contributed by atoms with Gasteiger partial charge in [-0.2, -0.15) is 13.2 Å². The lowest BCUT2D eigenvalue weighted by Gasteiger charge is -2.33. The summed E-state index contributed by atoms with van der Waals surface area (Å²) in [4.78, 5) is 22.1. The summed E-state index contributed by atoms with van der Waals surface area (Å²) in [6.07, 6.45) is 0.0589. The van der Waals surface area contributed by atoms with E-state index in [1.54, 1.807) is 0 Å². The lowest BCUT2D eigenvalue weighted by atomic mass is 9.96. The molecule has 152 valence electrons. The molecule has 4 rings (SSSR count). The van der Waals surface area contributed by atoms with Crippen LogP contribution in [0.3, 0.4) is 0 Å². The molecule has 7 nitrogen and oxygen atoms in total. The Morgan fingerprint density at radius 1 is 1.17 bits per heavy atom. The molecule has 0 unspecified atom stereocenters. The molecule has 10 heteroatoms. The van der Waals surface area contributed by atoms with Crippen LogP contribution >= 0.6 is 0 Å². The maximum atomic E-state index is 12.9. The lowest BCUT2D eigenvalue weighted by molar-refractivity contribution is -0.140. The number of fused-ring (bicyclic) bond motifs is 1. The van der Waals surface area contributed by atoms with Crippen LogP contribution in [-0.4, -0.2) is 40.7 Å². The summed E-state index contributed by atoms with van der Waals surface area (Å²) in [5.41, 5.74) is -0.644. The Kier molecular flexibility index (Phi) is 5.08. The number of nitrogens with one attached hydrogen (secondary N) is 1. The van der Waals surface area contributed by atoms with Gasteiger partial charge in [0, 0.05) is 37.3 Å². The Balaban J connectivity index is 1.40. The summed E-state index contributed by atoms with van der Waals surface area (Å²) in [5, 5.41) is 6.94. The van der Waals surface area contributed by atoms with Gasteiger partial charge in [-0.25, -0.2) is 9.97 Å². The topological polar surface area (TPSA) is 84.2 Å². The Hall–Kier alpha value is -3.17. The van der Waals surface area contributed by atoms with Gasteiger partial charge in [-0.05, 0) is 37.0 Å². The number of carbonyl (C=O) groups is 1. The van der Waals surface area contributed by atoms with Crippen molar-refractivity contribution in [2.24, 2.45) is 5.92 Å². The van der Waals surface area contributed by atoms with Crippen molar-refractivity contribution in [2.75, 3.05) is 24.5 Å². The van der Waals surface area contributed by atoms with Crippen molar-refractivity contribution in [3.05, 3.63) is 48.1 Å². The van der Waals surface area contributed by atoms with E-state index in [4.69, 9.17) is 4.52 Å². The standard InChI is InChI=1S/C19H18F3N5O2/c20-19(21,22)16-2-1-13-14(26-16)3-7-23-17(13)27-9-5-12(6-10-27)11-24-18(28)15-4-8-25-29-15/h1-4,7-8,12H,5-6,9-11H2,(H,24,28). The van der Waals surface area contributed by atoms with Crippen LogP contribution in [-0.2, 0) is 6.18 Å². The highest BCUT2D eigenvalue weighted by molar-refractivity contribution is 5.91. The van der Waals surface area contributed by atoms with Crippen molar-refractivity contribution in [1.29, 1.82) is 0 Å². The van der Waals surface area contributed by atoms with E-state index >= 15 is 0 Å². The number of nitrogens with zero attached hydrogens (tertiary/aromatic N) is 4. The van der Waals surface area contributed by atoms with Gasteiger partial charge in [-0.15, -0.1) is 0 Å². The number of carbonyl (C=O) groups excluding carboxylic acids is 1. The van der Waals surface area contributed by atoms with Crippen LogP contribution in [0.4, 0.5) is 19.0 Å². The SMILES string of the molecule is O=C(NCC1CCN(c2nccc3nc(C(F)(F)F)ccc23)CC1)c1ccno1. The van der Waals surface area contributed by atoms with E-state index in [0.29, 0.717) is 36.8 Å². The molecular weight excluding hydrogens is 387 g/mol. The van der Waals surface area contributed by atoms with Crippen molar-refractivity contribution in [1.82, 2.24) is 20.4 Å². The number of hydrogen-bond acceptors (Lipinski definition) is 6. The Morgan fingerprint density at radius 3 is 2.66 bits per heavy atom. The predicted octanol–water partition coefficient (Wildman–Crippen LogP) is 3.28. The number of pyridine rings is 2. The molecular formula is C19H18F3N5O2. The first kappa shape index (κ1) is 19.2. The molecule has 0 saturated carbocycles. The van der Waals surface area contributed by atoms with Crippen LogP contribution < -0.4 is 10.2 Å². The van der Waals surface area contributed by atoms with Gasteiger partial charge in [0.2, 0.25) is 5.76 Å². The predicted molar refractivity (Wildman–Crippen MR) is 98.3 cm³/mol. The second kappa shape index (κ2) is 7.69. The maximum absolute atomic E-state index is 12.9. The third kappa shape index (κ3) is 4.15. The Morgan fingerprint density at radius 2 is 1.97 bits per heavy atom. The molecule has 0 bridgehead atoms. The number of anilines is 1. The monoisotopic (exact) mass is 405 g/mol. The summed E-state index contributed by atoms with van der Waals surface area (Å²) >= 11 is 0. The van der Waals surface area contributed by atoms with E-state index in [2.05, 4.69) is 20.4 Å². The smallest absolute Gasteiger partial charge is 0.356 e. The van der Waals surface area contributed by atoms with Crippen molar-refractivity contribution in [3.8, 4) is 0 Å². The number of aromatic nitrogens is 3. The van der Waals surface area contributed by atoms with E-state index in [9.17, 15) is 18.0 Å². The highest BCUT2D eigenvalue weighted by Gasteiger charge is 2.33. The number of alkyl halides is 3. The first-order valence-electron chi connectivity index (χ1n) is 9.18. The summed E-state index contributed by atoms with van der Waals surface area (Å²) in [7, 11) is 0. The molecule has 29 heavy (non-hydrogen) atoms. The summed E-state index contributed by atoms with van der Waals surface area (Å²) < 4.78 is 43.5. The minimum Gasteiger partial charge on any atom is -0.356 e. The third-order valence-corrected chi connectivity index (χ3v) is 5.01. The van der Waals surface area contributed by atoms with E-state index < -0.39 is 11.9 Å². The zero-order valence-corrected chi connectivity index (χ0v) is 15.3. The van der Waals surface area contributed by atoms with Gasteiger partial charge in [-0.1, -0.05) is 5.16 Å². The molecule has 4 heterocycles. The normalized spacial score (nSPS) is 15.6. The number of rotatable bonds is 4. The van der Waals surface area contributed by atoms with E-state index in [1.165, 1.54) is 30.6 Å². The van der Waals surface area contributed by atoms with Gasteiger partial charge in [0.1, 0.15) is 11.5 Å². The molecule has 3 aromatic heterocycles. The van der Waals surface area contributed by atoms with E-state index in [-0.39, 0.29) is 17.2 Å². The van der Waals surface area contributed by atoms with E-state index in [0.717, 1.165) is 18.9 Å². The molecule has 0 atom stereocenters. The highest BCUT2D eigenvalue weighted by Crippen LogP contribution is 2.32. The molecule has 0 radical (unpaired) electrons.